The van der Waals surface area contributed by atoms with Crippen molar-refractivity contribution in [3.63, 3.8) is 0 Å². The average molecular weight is 337 g/mol. The van der Waals surface area contributed by atoms with Crippen LogP contribution in [0.25, 0.3) is 6.08 Å². The van der Waals surface area contributed by atoms with Crippen molar-refractivity contribution in [2.24, 2.45) is 0 Å². The Kier molecular flexibility index (Phi) is 4.77. The first-order valence-corrected chi connectivity index (χ1v) is 6.86. The lowest BCUT2D eigenvalue weighted by Gasteiger charge is -2.32. The summed E-state index contributed by atoms with van der Waals surface area (Å²) in [5.74, 6) is -0.990. The van der Waals surface area contributed by atoms with Crippen LogP contribution in [-0.4, -0.2) is 36.9 Å². The Morgan fingerprint density at radius 3 is 3.10 bits per heavy atom. The highest BCUT2D eigenvalue weighted by Gasteiger charge is 2.21. The van der Waals surface area contributed by atoms with Gasteiger partial charge in [-0.3, -0.25) is 0 Å². The Morgan fingerprint density at radius 1 is 1.60 bits per heavy atom. The van der Waals surface area contributed by atoms with Gasteiger partial charge in [0.1, 0.15) is 0 Å². The predicted molar refractivity (Wildman–Crippen MR) is 78.4 cm³/mol. The summed E-state index contributed by atoms with van der Waals surface area (Å²) in [5.41, 5.74) is 1.69. The predicted octanol–water partition coefficient (Wildman–Crippen LogP) is 2.28. The van der Waals surface area contributed by atoms with E-state index in [0.29, 0.717) is 19.7 Å². The molecule has 1 aromatic rings. The van der Waals surface area contributed by atoms with E-state index in [2.05, 4.69) is 22.0 Å². The molecular weight excluding hydrogens is 324 g/mol. The summed E-state index contributed by atoms with van der Waals surface area (Å²) in [7, 11) is 0. The van der Waals surface area contributed by atoms with Crippen LogP contribution < -0.4 is 4.90 Å². The number of carboxylic acid groups (broad SMARTS) is 1. The number of carbonyl (C=O) groups is 1. The summed E-state index contributed by atoms with van der Waals surface area (Å²) in [6.07, 6.45) is 2.20. The number of carboxylic acids is 1. The van der Waals surface area contributed by atoms with E-state index in [1.54, 1.807) is 6.08 Å². The molecule has 104 valence electrons. The molecule has 0 spiro atoms. The lowest BCUT2D eigenvalue weighted by Crippen LogP contribution is -2.42. The van der Waals surface area contributed by atoms with E-state index >= 15 is 0 Å². The third-order valence-electron chi connectivity index (χ3n) is 2.95. The van der Waals surface area contributed by atoms with Crippen molar-refractivity contribution in [2.45, 2.75) is 6.10 Å². The van der Waals surface area contributed by atoms with Gasteiger partial charge >= 0.3 is 5.97 Å². The topological polar surface area (TPSA) is 73.6 Å². The minimum atomic E-state index is -0.990. The quantitative estimate of drug-likeness (QED) is 0.857. The van der Waals surface area contributed by atoms with Crippen LogP contribution in [0.5, 0.6) is 0 Å². The highest BCUT2D eigenvalue weighted by molar-refractivity contribution is 9.10. The van der Waals surface area contributed by atoms with Crippen LogP contribution in [0.3, 0.4) is 0 Å². The molecule has 1 heterocycles. The van der Waals surface area contributed by atoms with E-state index in [1.165, 1.54) is 0 Å². The molecule has 2 rings (SSSR count). The van der Waals surface area contributed by atoms with Crippen molar-refractivity contribution < 1.29 is 14.6 Å². The van der Waals surface area contributed by atoms with Crippen LogP contribution >= 0.6 is 15.9 Å². The maximum atomic E-state index is 10.7. The number of rotatable bonds is 3. The molecule has 1 aliphatic rings. The number of nitriles is 1. The summed E-state index contributed by atoms with van der Waals surface area (Å²) >= 11 is 3.41. The zero-order valence-corrected chi connectivity index (χ0v) is 12.2. The minimum absolute atomic E-state index is 0.459. The van der Waals surface area contributed by atoms with Gasteiger partial charge in [-0.2, -0.15) is 5.26 Å². The molecule has 0 aromatic heterocycles. The number of benzene rings is 1. The molecule has 0 aliphatic carbocycles. The number of hydrogen-bond acceptors (Lipinski definition) is 4. The second kappa shape index (κ2) is 6.55. The maximum absolute atomic E-state index is 10.7. The van der Waals surface area contributed by atoms with Crippen molar-refractivity contribution >= 4 is 33.7 Å². The van der Waals surface area contributed by atoms with E-state index in [-0.39, 0.29) is 0 Å². The van der Waals surface area contributed by atoms with E-state index < -0.39 is 12.1 Å². The van der Waals surface area contributed by atoms with Crippen LogP contribution in [0, 0.1) is 11.3 Å². The number of morpholine rings is 1. The van der Waals surface area contributed by atoms with Crippen LogP contribution in [-0.2, 0) is 9.53 Å². The van der Waals surface area contributed by atoms with Gasteiger partial charge in [-0.25, -0.2) is 4.79 Å². The van der Waals surface area contributed by atoms with Crippen molar-refractivity contribution in [3.05, 3.63) is 34.3 Å². The van der Waals surface area contributed by atoms with Crippen LogP contribution in [0.15, 0.2) is 28.7 Å². The normalized spacial score (nSPS) is 19.0. The van der Waals surface area contributed by atoms with Gasteiger partial charge < -0.3 is 14.7 Å². The molecule has 0 saturated carbocycles. The molecule has 1 aromatic carbocycles. The maximum Gasteiger partial charge on any atom is 0.328 e. The monoisotopic (exact) mass is 336 g/mol. The van der Waals surface area contributed by atoms with E-state index in [1.807, 2.05) is 23.1 Å². The second-order valence-corrected chi connectivity index (χ2v) is 5.22. The zero-order chi connectivity index (χ0) is 14.5. The first-order chi connectivity index (χ1) is 9.60. The van der Waals surface area contributed by atoms with Gasteiger partial charge in [0.25, 0.3) is 0 Å². The Morgan fingerprint density at radius 2 is 2.40 bits per heavy atom. The van der Waals surface area contributed by atoms with Gasteiger partial charge in [0.2, 0.25) is 0 Å². The van der Waals surface area contributed by atoms with E-state index in [4.69, 9.17) is 15.1 Å². The Labute approximate surface area is 125 Å². The molecule has 1 N–H and O–H groups in total. The molecule has 0 radical (unpaired) electrons. The standard InChI is InChI=1S/C14H13BrN2O3/c15-11-3-1-10(2-4-14(18)19)13(7-11)17-5-6-20-12(8-16)9-17/h1-4,7,12H,5-6,9H2,(H,18,19). The Hall–Kier alpha value is -1.84. The molecule has 1 aliphatic heterocycles. The van der Waals surface area contributed by atoms with Crippen LogP contribution in [0.4, 0.5) is 5.69 Å². The lowest BCUT2D eigenvalue weighted by molar-refractivity contribution is -0.131. The first-order valence-electron chi connectivity index (χ1n) is 6.07. The molecular formula is C14H13BrN2O3. The fraction of sp³-hybridized carbons (Fsp3) is 0.286. The third-order valence-corrected chi connectivity index (χ3v) is 3.44. The largest absolute Gasteiger partial charge is 0.478 e. The molecule has 0 bridgehead atoms. The minimum Gasteiger partial charge on any atom is -0.478 e. The fourth-order valence-electron chi connectivity index (χ4n) is 2.04. The second-order valence-electron chi connectivity index (χ2n) is 4.31. The summed E-state index contributed by atoms with van der Waals surface area (Å²) in [5, 5.41) is 17.7. The van der Waals surface area contributed by atoms with Crippen LogP contribution in [0.1, 0.15) is 5.56 Å². The van der Waals surface area contributed by atoms with Gasteiger partial charge in [-0.1, -0.05) is 22.0 Å². The van der Waals surface area contributed by atoms with Gasteiger partial charge in [-0.05, 0) is 23.8 Å². The lowest BCUT2D eigenvalue weighted by atomic mass is 10.1. The van der Waals surface area contributed by atoms with Crippen molar-refractivity contribution in [1.82, 2.24) is 0 Å². The van der Waals surface area contributed by atoms with Gasteiger partial charge in [0.05, 0.1) is 19.2 Å². The summed E-state index contributed by atoms with van der Waals surface area (Å²) in [6.45, 7) is 1.62. The Balaban J connectivity index is 2.31. The summed E-state index contributed by atoms with van der Waals surface area (Å²) in [4.78, 5) is 12.7. The van der Waals surface area contributed by atoms with E-state index in [9.17, 15) is 4.79 Å². The highest BCUT2D eigenvalue weighted by atomic mass is 79.9. The molecule has 6 heteroatoms. The molecule has 1 unspecified atom stereocenters. The van der Waals surface area contributed by atoms with Crippen molar-refractivity contribution in [3.8, 4) is 6.07 Å². The van der Waals surface area contributed by atoms with Crippen molar-refractivity contribution in [1.29, 1.82) is 5.26 Å². The summed E-state index contributed by atoms with van der Waals surface area (Å²) < 4.78 is 6.22. The van der Waals surface area contributed by atoms with Crippen molar-refractivity contribution in [2.75, 3.05) is 24.6 Å². The average Bonchev–Trinajstić information content (AvgIpc) is 2.46. The number of anilines is 1. The number of hydrogen-bond donors (Lipinski definition) is 1. The summed E-state index contributed by atoms with van der Waals surface area (Å²) in [6, 6.07) is 7.72. The molecule has 0 amide bonds. The molecule has 1 saturated heterocycles. The smallest absolute Gasteiger partial charge is 0.328 e. The van der Waals surface area contributed by atoms with Gasteiger partial charge in [-0.15, -0.1) is 0 Å². The fourth-order valence-corrected chi connectivity index (χ4v) is 2.39. The molecule has 20 heavy (non-hydrogen) atoms. The van der Waals surface area contributed by atoms with Gasteiger partial charge in [0.15, 0.2) is 6.10 Å². The number of nitrogens with zero attached hydrogens (tertiary/aromatic N) is 2. The highest BCUT2D eigenvalue weighted by Crippen LogP contribution is 2.27. The van der Waals surface area contributed by atoms with E-state index in [0.717, 1.165) is 21.8 Å². The first kappa shape index (κ1) is 14.6. The number of aliphatic carboxylic acids is 1. The number of halogens is 1. The van der Waals surface area contributed by atoms with Gasteiger partial charge in [0, 0.05) is 22.8 Å². The Bertz CT molecular complexity index is 580. The SMILES string of the molecule is N#CC1CN(c2cc(Br)ccc2C=CC(=O)O)CCO1. The molecule has 1 fully saturated rings. The molecule has 5 nitrogen and oxygen atoms in total. The number of ether oxygens (including phenoxy) is 1. The van der Waals surface area contributed by atoms with Crippen LogP contribution in [0.2, 0.25) is 0 Å². The zero-order valence-electron chi connectivity index (χ0n) is 10.6. The third kappa shape index (κ3) is 3.59. The molecule has 1 atom stereocenters.